The van der Waals surface area contributed by atoms with E-state index in [0.29, 0.717) is 37.6 Å². The summed E-state index contributed by atoms with van der Waals surface area (Å²) >= 11 is 0. The van der Waals surface area contributed by atoms with E-state index in [9.17, 15) is 4.79 Å². The van der Waals surface area contributed by atoms with E-state index in [4.69, 9.17) is 9.47 Å². The fourth-order valence-electron chi connectivity index (χ4n) is 3.27. The molecule has 4 atom stereocenters. The number of esters is 1. The summed E-state index contributed by atoms with van der Waals surface area (Å²) in [6.07, 6.45) is 4.73. The number of hydrogen-bond donors (Lipinski definition) is 1. The lowest BCUT2D eigenvalue weighted by Gasteiger charge is -2.37. The van der Waals surface area contributed by atoms with Gasteiger partial charge in [0.1, 0.15) is 6.04 Å². The second kappa shape index (κ2) is 9.42. The zero-order valence-corrected chi connectivity index (χ0v) is 14.4. The van der Waals surface area contributed by atoms with Gasteiger partial charge in [-0.2, -0.15) is 0 Å². The summed E-state index contributed by atoms with van der Waals surface area (Å²) < 4.78 is 11.2. The molecule has 0 aromatic heterocycles. The van der Waals surface area contributed by atoms with E-state index in [1.807, 2.05) is 6.92 Å². The van der Waals surface area contributed by atoms with Gasteiger partial charge in [-0.05, 0) is 51.0 Å². The molecular formula is C17H33NO3. The topological polar surface area (TPSA) is 47.6 Å². The fourth-order valence-corrected chi connectivity index (χ4v) is 3.27. The predicted octanol–water partition coefficient (Wildman–Crippen LogP) is 3.01. The number of carbonyl (C=O) groups excluding carboxylic acids is 1. The van der Waals surface area contributed by atoms with E-state index in [0.717, 1.165) is 12.3 Å². The Labute approximate surface area is 130 Å². The van der Waals surface area contributed by atoms with E-state index in [1.165, 1.54) is 12.8 Å². The first-order valence-corrected chi connectivity index (χ1v) is 8.45. The minimum Gasteiger partial charge on any atom is -0.465 e. The lowest BCUT2D eigenvalue weighted by molar-refractivity contribution is -0.146. The van der Waals surface area contributed by atoms with E-state index in [1.54, 1.807) is 7.05 Å². The van der Waals surface area contributed by atoms with Crippen LogP contribution in [-0.2, 0) is 14.3 Å². The third-order valence-corrected chi connectivity index (χ3v) is 4.62. The van der Waals surface area contributed by atoms with Crippen LogP contribution in [0.4, 0.5) is 0 Å². The van der Waals surface area contributed by atoms with Crippen molar-refractivity contribution >= 4 is 5.97 Å². The molecule has 21 heavy (non-hydrogen) atoms. The molecule has 0 amide bonds. The molecule has 1 N–H and O–H groups in total. The van der Waals surface area contributed by atoms with Gasteiger partial charge in [-0.1, -0.05) is 27.2 Å². The van der Waals surface area contributed by atoms with Gasteiger partial charge >= 0.3 is 5.97 Å². The van der Waals surface area contributed by atoms with Crippen LogP contribution >= 0.6 is 0 Å². The van der Waals surface area contributed by atoms with Gasteiger partial charge in [0.25, 0.3) is 0 Å². The Hall–Kier alpha value is -0.610. The summed E-state index contributed by atoms with van der Waals surface area (Å²) in [6.45, 7) is 9.75. The van der Waals surface area contributed by atoms with Crippen molar-refractivity contribution < 1.29 is 14.3 Å². The van der Waals surface area contributed by atoms with Crippen LogP contribution in [-0.4, -0.2) is 38.4 Å². The molecule has 1 aliphatic carbocycles. The molecule has 1 rings (SSSR count). The van der Waals surface area contributed by atoms with Crippen molar-refractivity contribution in [1.29, 1.82) is 0 Å². The van der Waals surface area contributed by atoms with E-state index < -0.39 is 0 Å². The predicted molar refractivity (Wildman–Crippen MR) is 85.2 cm³/mol. The zero-order valence-electron chi connectivity index (χ0n) is 14.4. The summed E-state index contributed by atoms with van der Waals surface area (Å²) in [5.41, 5.74) is 0. The van der Waals surface area contributed by atoms with Crippen LogP contribution in [0.25, 0.3) is 0 Å². The number of carbonyl (C=O) groups is 1. The Kier molecular flexibility index (Phi) is 8.27. The Balaban J connectivity index is 2.42. The molecule has 0 aromatic carbocycles. The van der Waals surface area contributed by atoms with Crippen molar-refractivity contribution in [1.82, 2.24) is 5.32 Å². The lowest BCUT2D eigenvalue weighted by atomic mass is 9.75. The van der Waals surface area contributed by atoms with Gasteiger partial charge in [0.15, 0.2) is 0 Å². The molecule has 0 spiro atoms. The van der Waals surface area contributed by atoms with Gasteiger partial charge in [0.2, 0.25) is 0 Å². The van der Waals surface area contributed by atoms with Crippen LogP contribution in [0, 0.1) is 17.8 Å². The Bertz CT molecular complexity index is 306. The molecule has 0 saturated heterocycles. The van der Waals surface area contributed by atoms with Gasteiger partial charge in [0, 0.05) is 6.61 Å². The molecule has 1 fully saturated rings. The number of rotatable bonds is 8. The standard InChI is InChI=1S/C17H33NO3/c1-6-20-17(19)15(18-5)9-10-21-16-11-13(4)7-8-14(16)12(2)3/h12-16,18H,6-11H2,1-5H3. The second-order valence-corrected chi connectivity index (χ2v) is 6.62. The summed E-state index contributed by atoms with van der Waals surface area (Å²) in [6, 6.07) is -0.261. The monoisotopic (exact) mass is 299 g/mol. The molecule has 1 saturated carbocycles. The summed E-state index contributed by atoms with van der Waals surface area (Å²) in [5.74, 6) is 1.88. The summed E-state index contributed by atoms with van der Waals surface area (Å²) in [5, 5.41) is 3.01. The highest BCUT2D eigenvalue weighted by atomic mass is 16.5. The third kappa shape index (κ3) is 5.95. The minimum atomic E-state index is -0.261. The largest absolute Gasteiger partial charge is 0.465 e. The van der Waals surface area contributed by atoms with Crippen LogP contribution in [0.1, 0.15) is 53.4 Å². The van der Waals surface area contributed by atoms with Gasteiger partial charge < -0.3 is 14.8 Å². The van der Waals surface area contributed by atoms with Crippen molar-refractivity contribution in [2.75, 3.05) is 20.3 Å². The maximum atomic E-state index is 11.7. The normalized spacial score (nSPS) is 27.6. The maximum Gasteiger partial charge on any atom is 0.323 e. The van der Waals surface area contributed by atoms with E-state index in [2.05, 4.69) is 26.1 Å². The molecule has 0 bridgehead atoms. The average Bonchev–Trinajstić information content (AvgIpc) is 2.43. The fraction of sp³-hybridized carbons (Fsp3) is 0.941. The minimum absolute atomic E-state index is 0.180. The van der Waals surface area contributed by atoms with Crippen LogP contribution < -0.4 is 5.32 Å². The highest BCUT2D eigenvalue weighted by Crippen LogP contribution is 2.35. The number of ether oxygens (including phenoxy) is 2. The molecule has 0 aromatic rings. The van der Waals surface area contributed by atoms with E-state index >= 15 is 0 Å². The van der Waals surface area contributed by atoms with E-state index in [-0.39, 0.29) is 12.0 Å². The van der Waals surface area contributed by atoms with Crippen molar-refractivity contribution in [2.24, 2.45) is 17.8 Å². The average molecular weight is 299 g/mol. The van der Waals surface area contributed by atoms with Crippen molar-refractivity contribution in [3.8, 4) is 0 Å². The summed E-state index contributed by atoms with van der Waals surface area (Å²) in [7, 11) is 1.79. The molecule has 0 heterocycles. The van der Waals surface area contributed by atoms with Crippen LogP contribution in [0.15, 0.2) is 0 Å². The molecule has 124 valence electrons. The first-order chi connectivity index (χ1) is 9.99. The number of nitrogens with one attached hydrogen (secondary N) is 1. The van der Waals surface area contributed by atoms with Gasteiger partial charge in [-0.3, -0.25) is 4.79 Å². The highest BCUT2D eigenvalue weighted by Gasteiger charge is 2.31. The van der Waals surface area contributed by atoms with Gasteiger partial charge in [0.05, 0.1) is 12.7 Å². The number of likely N-dealkylation sites (N-methyl/N-ethyl adjacent to an activating group) is 1. The quantitative estimate of drug-likeness (QED) is 0.700. The molecule has 4 unspecified atom stereocenters. The third-order valence-electron chi connectivity index (χ3n) is 4.62. The highest BCUT2D eigenvalue weighted by molar-refractivity contribution is 5.75. The molecule has 4 heteroatoms. The van der Waals surface area contributed by atoms with Gasteiger partial charge in [-0.25, -0.2) is 0 Å². The lowest BCUT2D eigenvalue weighted by Crippen LogP contribution is -2.38. The van der Waals surface area contributed by atoms with Crippen LogP contribution in [0.2, 0.25) is 0 Å². The maximum absolute atomic E-state index is 11.7. The molecule has 1 aliphatic rings. The molecule has 0 aliphatic heterocycles. The first-order valence-electron chi connectivity index (χ1n) is 8.45. The summed E-state index contributed by atoms with van der Waals surface area (Å²) in [4.78, 5) is 11.7. The Morgan fingerprint density at radius 2 is 2.05 bits per heavy atom. The number of hydrogen-bond acceptors (Lipinski definition) is 4. The molecule has 4 nitrogen and oxygen atoms in total. The first kappa shape index (κ1) is 18.4. The Morgan fingerprint density at radius 1 is 1.33 bits per heavy atom. The second-order valence-electron chi connectivity index (χ2n) is 6.62. The molecular weight excluding hydrogens is 266 g/mol. The molecule has 0 radical (unpaired) electrons. The van der Waals surface area contributed by atoms with Crippen molar-refractivity contribution in [3.63, 3.8) is 0 Å². The van der Waals surface area contributed by atoms with Crippen LogP contribution in [0.3, 0.4) is 0 Å². The van der Waals surface area contributed by atoms with Crippen LogP contribution in [0.5, 0.6) is 0 Å². The van der Waals surface area contributed by atoms with Crippen molar-refractivity contribution in [2.45, 2.75) is 65.5 Å². The Morgan fingerprint density at radius 3 is 2.62 bits per heavy atom. The zero-order chi connectivity index (χ0) is 15.8. The smallest absolute Gasteiger partial charge is 0.323 e. The van der Waals surface area contributed by atoms with Crippen molar-refractivity contribution in [3.05, 3.63) is 0 Å². The SMILES string of the molecule is CCOC(=O)C(CCOC1CC(C)CCC1C(C)C)NC. The van der Waals surface area contributed by atoms with Gasteiger partial charge in [-0.15, -0.1) is 0 Å².